The minimum atomic E-state index is -1.40. The van der Waals surface area contributed by atoms with E-state index < -0.39 is 11.5 Å². The molecule has 0 saturated heterocycles. The van der Waals surface area contributed by atoms with E-state index in [1.807, 2.05) is 45.0 Å². The molecule has 0 aliphatic carbocycles. The number of rotatable bonds is 7. The molecular weight excluding hydrogens is 542 g/mol. The largest absolute Gasteiger partial charge is 0.496 e. The Kier molecular flexibility index (Phi) is 10.4. The van der Waals surface area contributed by atoms with Crippen molar-refractivity contribution < 1.29 is 19.1 Å². The van der Waals surface area contributed by atoms with Gasteiger partial charge >= 0.3 is 5.97 Å². The molecule has 0 amide bonds. The zero-order valence-corrected chi connectivity index (χ0v) is 24.9. The second kappa shape index (κ2) is 13.8. The molecule has 0 aliphatic heterocycles. The van der Waals surface area contributed by atoms with Gasteiger partial charge in [0.25, 0.3) is 5.56 Å². The van der Waals surface area contributed by atoms with Gasteiger partial charge in [0.05, 0.1) is 23.6 Å². The summed E-state index contributed by atoms with van der Waals surface area (Å²) < 4.78 is 13.1. The van der Waals surface area contributed by atoms with Crippen molar-refractivity contribution in [2.24, 2.45) is 0 Å². The second-order valence-electron chi connectivity index (χ2n) is 9.34. The van der Waals surface area contributed by atoms with Crippen LogP contribution < -0.4 is 15.7 Å². The van der Waals surface area contributed by atoms with E-state index in [0.29, 0.717) is 24.1 Å². The fraction of sp³-hybridized carbons (Fsp3) is 0.290. The summed E-state index contributed by atoms with van der Waals surface area (Å²) >= 11 is 1.45. The third-order valence-electron chi connectivity index (χ3n) is 6.45. The fourth-order valence-corrected chi connectivity index (χ4v) is 5.45. The number of carboxylic acids is 1. The Morgan fingerprint density at radius 1 is 1.10 bits per heavy atom. The number of hydrogen-bond donors (Lipinski definition) is 2. The molecule has 4 aromatic heterocycles. The van der Waals surface area contributed by atoms with Crippen molar-refractivity contribution in [2.45, 2.75) is 53.0 Å². The first-order valence-corrected chi connectivity index (χ1v) is 14.0. The summed E-state index contributed by atoms with van der Waals surface area (Å²) in [5, 5.41) is 10.3. The van der Waals surface area contributed by atoms with E-state index in [1.54, 1.807) is 31.9 Å². The van der Waals surface area contributed by atoms with Crippen molar-refractivity contribution in [1.82, 2.24) is 14.5 Å². The first kappa shape index (κ1) is 31.1. The Morgan fingerprint density at radius 2 is 1.76 bits per heavy atom. The predicted octanol–water partition coefficient (Wildman–Crippen LogP) is 6.04. The summed E-state index contributed by atoms with van der Waals surface area (Å²) in [6, 6.07) is 10.7. The van der Waals surface area contributed by atoms with E-state index in [4.69, 9.17) is 9.15 Å². The van der Waals surface area contributed by atoms with Crippen LogP contribution in [0.2, 0.25) is 0 Å². The van der Waals surface area contributed by atoms with Crippen LogP contribution in [0.1, 0.15) is 44.4 Å². The van der Waals surface area contributed by atoms with E-state index in [9.17, 15) is 19.5 Å². The van der Waals surface area contributed by atoms with Gasteiger partial charge in [0.2, 0.25) is 5.89 Å². The Bertz CT molecular complexity index is 1700. The maximum Gasteiger partial charge on any atom is 0.329 e. The number of benzene rings is 1. The number of aliphatic carboxylic acids is 1. The maximum absolute atomic E-state index is 13.4. The van der Waals surface area contributed by atoms with E-state index in [-0.39, 0.29) is 11.0 Å². The summed E-state index contributed by atoms with van der Waals surface area (Å²) in [5.41, 5.74) is 0.984. The molecule has 41 heavy (non-hydrogen) atoms. The first-order valence-electron chi connectivity index (χ1n) is 13.2. The number of oxazole rings is 1. The molecule has 0 fully saturated rings. The fourth-order valence-electron chi connectivity index (χ4n) is 4.18. The van der Waals surface area contributed by atoms with Crippen LogP contribution in [-0.2, 0) is 23.2 Å². The summed E-state index contributed by atoms with van der Waals surface area (Å²) in [6.45, 7) is 8.91. The number of carbonyl (C=O) groups is 1. The van der Waals surface area contributed by atoms with E-state index in [0.717, 1.165) is 32.0 Å². The van der Waals surface area contributed by atoms with Gasteiger partial charge in [-0.15, -0.1) is 11.3 Å². The van der Waals surface area contributed by atoms with Crippen molar-refractivity contribution in [2.75, 3.05) is 7.11 Å². The Balaban J connectivity index is 0.000000443. The molecule has 0 aliphatic rings. The summed E-state index contributed by atoms with van der Waals surface area (Å²) in [5.74, 6) is 0.170. The molecule has 4 heterocycles. The molecule has 9 nitrogen and oxygen atoms in total. The minimum Gasteiger partial charge on any atom is -0.496 e. The molecule has 0 radical (unpaired) electrons. The zero-order chi connectivity index (χ0) is 30.2. The predicted molar refractivity (Wildman–Crippen MR) is 162 cm³/mol. The third-order valence-corrected chi connectivity index (χ3v) is 7.81. The van der Waals surface area contributed by atoms with Gasteiger partial charge in [-0.2, -0.15) is 0 Å². The lowest BCUT2D eigenvalue weighted by Crippen LogP contribution is -2.42. The number of hydrogen-bond acceptors (Lipinski definition) is 7. The highest BCUT2D eigenvalue weighted by Crippen LogP contribution is 2.38. The lowest BCUT2D eigenvalue weighted by molar-refractivity contribution is -0.145. The smallest absolute Gasteiger partial charge is 0.329 e. The lowest BCUT2D eigenvalue weighted by atomic mass is 10.0. The average Bonchev–Trinajstić information content (AvgIpc) is 3.63. The van der Waals surface area contributed by atoms with Gasteiger partial charge in [-0.05, 0) is 56.4 Å². The molecule has 0 spiro atoms. The van der Waals surface area contributed by atoms with Crippen LogP contribution in [0.3, 0.4) is 0 Å². The Hall–Kier alpha value is -4.44. The number of methoxy groups -OCH3 is 1. The SMILES string of the molecule is CC.COc1ccccc1CCc1cn(C(C)(C)C(=O)O)c(=O)c2c(C)c(-c3ncco3)sc12.O=c1cc[nH]cc1. The lowest BCUT2D eigenvalue weighted by Gasteiger charge is -2.24. The highest BCUT2D eigenvalue weighted by molar-refractivity contribution is 7.22. The van der Waals surface area contributed by atoms with Crippen molar-refractivity contribution in [3.8, 4) is 16.5 Å². The quantitative estimate of drug-likeness (QED) is 0.241. The molecule has 0 bridgehead atoms. The molecule has 5 aromatic rings. The number of nitrogens with zero attached hydrogens (tertiary/aromatic N) is 2. The van der Waals surface area contributed by atoms with Crippen molar-refractivity contribution in [3.05, 3.63) is 105 Å². The van der Waals surface area contributed by atoms with Gasteiger partial charge in [-0.3, -0.25) is 14.2 Å². The molecule has 5 rings (SSSR count). The average molecular weight is 578 g/mol. The number of nitrogens with one attached hydrogen (secondary N) is 1. The second-order valence-corrected chi connectivity index (χ2v) is 10.4. The number of para-hydroxylation sites is 1. The highest BCUT2D eigenvalue weighted by atomic mass is 32.1. The summed E-state index contributed by atoms with van der Waals surface area (Å²) in [6.07, 6.45) is 9.23. The van der Waals surface area contributed by atoms with Crippen LogP contribution in [0.15, 0.2) is 81.5 Å². The van der Waals surface area contributed by atoms with Crippen molar-refractivity contribution in [3.63, 3.8) is 0 Å². The van der Waals surface area contributed by atoms with Gasteiger partial charge in [-0.25, -0.2) is 9.78 Å². The molecular formula is C31H35N3O6S. The molecule has 2 N–H and O–H groups in total. The molecule has 216 valence electrons. The number of ether oxygens (including phenoxy) is 1. The summed E-state index contributed by atoms with van der Waals surface area (Å²) in [4.78, 5) is 43.4. The van der Waals surface area contributed by atoms with Crippen LogP contribution in [0.5, 0.6) is 5.75 Å². The number of H-pyrrole nitrogens is 1. The first-order chi connectivity index (χ1) is 19.6. The number of pyridine rings is 2. The third kappa shape index (κ3) is 6.83. The maximum atomic E-state index is 13.4. The number of carboxylic acid groups (broad SMARTS) is 1. The van der Waals surface area contributed by atoms with Gasteiger partial charge in [0, 0.05) is 35.4 Å². The zero-order valence-electron chi connectivity index (χ0n) is 24.1. The molecule has 0 unspecified atom stereocenters. The topological polar surface area (TPSA) is 127 Å². The number of thiophene rings is 1. The van der Waals surface area contributed by atoms with Crippen LogP contribution >= 0.6 is 11.3 Å². The van der Waals surface area contributed by atoms with Gasteiger partial charge in [0.1, 0.15) is 17.6 Å². The normalized spacial score (nSPS) is 10.8. The molecule has 0 saturated carbocycles. The van der Waals surface area contributed by atoms with Crippen LogP contribution in [-0.4, -0.2) is 32.7 Å². The standard InChI is InChI=1S/C24H24N2O5S.C5H5NO.C2H6/c1-14-18-20(32-19(14)21-25-11-12-31-21)16(10-9-15-7-5-6-8-17(15)30-4)13-26(22(18)27)24(2,3)23(28)29;7-5-1-3-6-4-2-5;1-2/h5-8,11-13H,9-10H2,1-4H3,(H,28,29);1-4H,(H,6,7);1-2H3. The summed E-state index contributed by atoms with van der Waals surface area (Å²) in [7, 11) is 1.64. The van der Waals surface area contributed by atoms with E-state index >= 15 is 0 Å². The van der Waals surface area contributed by atoms with E-state index in [1.165, 1.54) is 48.1 Å². The number of aryl methyl sites for hydroxylation is 3. The monoisotopic (exact) mass is 577 g/mol. The minimum absolute atomic E-state index is 0.0405. The number of aromatic nitrogens is 3. The number of aromatic amines is 1. The molecule has 1 aromatic carbocycles. The van der Waals surface area contributed by atoms with Crippen molar-refractivity contribution in [1.29, 1.82) is 0 Å². The molecule has 10 heteroatoms. The van der Waals surface area contributed by atoms with Crippen molar-refractivity contribution >= 4 is 27.4 Å². The van der Waals surface area contributed by atoms with E-state index in [2.05, 4.69) is 9.97 Å². The van der Waals surface area contributed by atoms with Gasteiger partial charge < -0.3 is 19.2 Å². The highest BCUT2D eigenvalue weighted by Gasteiger charge is 2.32. The molecule has 0 atom stereocenters. The Morgan fingerprint density at radius 3 is 2.32 bits per heavy atom. The van der Waals surface area contributed by atoms with Gasteiger partial charge in [0.15, 0.2) is 5.43 Å². The van der Waals surface area contributed by atoms with Crippen LogP contribution in [0.25, 0.3) is 20.9 Å². The Labute approximate surface area is 242 Å². The number of fused-ring (bicyclic) bond motifs is 1. The van der Waals surface area contributed by atoms with Gasteiger partial charge in [-0.1, -0.05) is 32.0 Å². The van der Waals surface area contributed by atoms with Crippen LogP contribution in [0, 0.1) is 6.92 Å². The van der Waals surface area contributed by atoms with Crippen LogP contribution in [0.4, 0.5) is 0 Å².